The molecule has 0 aliphatic carbocycles. The highest BCUT2D eigenvalue weighted by Gasteiger charge is 2.60. The fraction of sp³-hybridized carbons (Fsp3) is 0.391. The van der Waals surface area contributed by atoms with Crippen molar-refractivity contribution in [3.63, 3.8) is 0 Å². The van der Waals surface area contributed by atoms with Crippen LogP contribution in [0.15, 0.2) is 54.6 Å². The Kier molecular flexibility index (Phi) is 8.22. The van der Waals surface area contributed by atoms with E-state index in [0.717, 1.165) is 0 Å². The highest BCUT2D eigenvalue weighted by molar-refractivity contribution is 6.49. The van der Waals surface area contributed by atoms with Crippen LogP contribution in [0.25, 0.3) is 0 Å². The Labute approximate surface area is 204 Å². The van der Waals surface area contributed by atoms with Gasteiger partial charge in [-0.1, -0.05) is 67.4 Å². The van der Waals surface area contributed by atoms with Crippen molar-refractivity contribution in [1.82, 2.24) is 0 Å². The van der Waals surface area contributed by atoms with E-state index >= 15 is 0 Å². The molecule has 0 aromatic heterocycles. The third-order valence-corrected chi connectivity index (χ3v) is 7.07. The maximum absolute atomic E-state index is 13.2. The maximum atomic E-state index is 13.2. The van der Waals surface area contributed by atoms with Crippen LogP contribution in [0.4, 0.5) is 13.2 Å². The van der Waals surface area contributed by atoms with Gasteiger partial charge in [-0.15, -0.1) is 11.6 Å². The van der Waals surface area contributed by atoms with Crippen molar-refractivity contribution in [3.8, 4) is 17.6 Å². The Morgan fingerprint density at radius 1 is 1.09 bits per heavy atom. The van der Waals surface area contributed by atoms with Crippen molar-refractivity contribution < 1.29 is 27.8 Å². The van der Waals surface area contributed by atoms with E-state index in [-0.39, 0.29) is 6.42 Å². The van der Waals surface area contributed by atoms with Gasteiger partial charge >= 0.3 is 12.1 Å². The average molecular weight is 523 g/mol. The number of nitriles is 1. The first-order chi connectivity index (χ1) is 15.2. The highest BCUT2D eigenvalue weighted by Crippen LogP contribution is 2.52. The predicted molar refractivity (Wildman–Crippen MR) is 121 cm³/mol. The molecule has 2 rings (SSSR count). The van der Waals surface area contributed by atoms with Gasteiger partial charge in [0.05, 0.1) is 6.07 Å². The molecule has 2 unspecified atom stereocenters. The third kappa shape index (κ3) is 5.87. The summed E-state index contributed by atoms with van der Waals surface area (Å²) >= 11 is 17.2. The fourth-order valence-corrected chi connectivity index (χ4v) is 4.21. The van der Waals surface area contributed by atoms with Gasteiger partial charge in [0.15, 0.2) is 5.41 Å². The molecule has 1 N–H and O–H groups in total. The molecular weight excluding hydrogens is 502 g/mol. The van der Waals surface area contributed by atoms with E-state index in [0.29, 0.717) is 17.1 Å². The smallest absolute Gasteiger partial charge is 0.421 e. The third-order valence-electron chi connectivity index (χ3n) is 5.64. The number of hydrogen-bond donors (Lipinski definition) is 1. The highest BCUT2D eigenvalue weighted by atomic mass is 35.5. The molecule has 0 saturated carbocycles. The molecule has 0 amide bonds. The van der Waals surface area contributed by atoms with E-state index in [9.17, 15) is 28.3 Å². The monoisotopic (exact) mass is 521 g/mol. The summed E-state index contributed by atoms with van der Waals surface area (Å²) in [5.74, 6) is -0.584. The number of carbonyl (C=O) groups is 1. The zero-order valence-corrected chi connectivity index (χ0v) is 19.9. The number of ether oxygens (including phenoxy) is 1. The molecule has 0 saturated heterocycles. The second kappa shape index (κ2) is 10.0. The molecule has 2 atom stereocenters. The van der Waals surface area contributed by atoms with Gasteiger partial charge in [-0.25, -0.2) is 0 Å². The van der Waals surface area contributed by atoms with Crippen molar-refractivity contribution >= 4 is 40.8 Å². The molecule has 2 aromatic rings. The van der Waals surface area contributed by atoms with E-state index in [1.807, 2.05) is 6.07 Å². The van der Waals surface area contributed by atoms with Crippen molar-refractivity contribution in [1.29, 1.82) is 5.26 Å². The summed E-state index contributed by atoms with van der Waals surface area (Å²) in [5.41, 5.74) is -3.45. The second-order valence-corrected chi connectivity index (χ2v) is 10.2. The predicted octanol–water partition coefficient (Wildman–Crippen LogP) is 7.38. The number of nitrogens with zero attached hydrogens (tertiary/aromatic N) is 1. The Bertz CT molecular complexity index is 1020. The molecular formula is C23H21Cl3F3NO3. The van der Waals surface area contributed by atoms with Gasteiger partial charge < -0.3 is 9.84 Å². The van der Waals surface area contributed by atoms with Gasteiger partial charge in [-0.2, -0.15) is 18.4 Å². The van der Waals surface area contributed by atoms with Crippen LogP contribution >= 0.6 is 34.8 Å². The summed E-state index contributed by atoms with van der Waals surface area (Å²) in [6.07, 6.45) is -6.35. The molecule has 0 fully saturated rings. The topological polar surface area (TPSA) is 70.3 Å². The normalized spacial score (nSPS) is 15.2. The summed E-state index contributed by atoms with van der Waals surface area (Å²) in [4.78, 5) is 12.3. The van der Waals surface area contributed by atoms with Crippen molar-refractivity contribution in [2.45, 2.75) is 42.6 Å². The lowest BCUT2D eigenvalue weighted by molar-refractivity contribution is -0.153. The van der Waals surface area contributed by atoms with Crippen LogP contribution in [0.3, 0.4) is 0 Å². The van der Waals surface area contributed by atoms with Crippen LogP contribution in [0.5, 0.6) is 11.5 Å². The molecule has 178 valence electrons. The van der Waals surface area contributed by atoms with E-state index in [1.54, 1.807) is 54.6 Å². The standard InChI is InChI=1S/C23H21Cl3F3NO3/c1-20(2,18(24)13-22(25,26)23(27,28)29)21(14-30,19(31)32)12-15-7-6-10-17(11-15)33-16-8-4-3-5-9-16/h3-11,18H,12-13H2,1-2H3,(H,31,32). The lowest BCUT2D eigenvalue weighted by Gasteiger charge is -2.43. The van der Waals surface area contributed by atoms with E-state index < -0.39 is 39.1 Å². The SMILES string of the molecule is CC(C)(C(Cl)CC(Cl)(Cl)C(F)(F)F)C(C#N)(Cc1cccc(Oc2ccccc2)c1)C(=O)O. The molecule has 0 aliphatic heterocycles. The van der Waals surface area contributed by atoms with E-state index in [1.165, 1.54) is 13.8 Å². The quantitative estimate of drug-likeness (QED) is 0.349. The molecule has 0 spiro atoms. The van der Waals surface area contributed by atoms with Gasteiger partial charge in [0.25, 0.3) is 0 Å². The van der Waals surface area contributed by atoms with Crippen LogP contribution in [-0.2, 0) is 11.2 Å². The molecule has 33 heavy (non-hydrogen) atoms. The van der Waals surface area contributed by atoms with Gasteiger partial charge in [0, 0.05) is 23.6 Å². The Balaban J connectivity index is 2.39. The first-order valence-electron chi connectivity index (χ1n) is 9.71. The lowest BCUT2D eigenvalue weighted by Crippen LogP contribution is -2.52. The van der Waals surface area contributed by atoms with E-state index in [2.05, 4.69) is 0 Å². The first-order valence-corrected chi connectivity index (χ1v) is 10.9. The first kappa shape index (κ1) is 27.1. The molecule has 4 nitrogen and oxygen atoms in total. The fourth-order valence-electron chi connectivity index (χ4n) is 3.32. The number of aliphatic carboxylic acids is 1. The summed E-state index contributed by atoms with van der Waals surface area (Å²) in [5, 5.41) is 18.5. The summed E-state index contributed by atoms with van der Waals surface area (Å²) in [6.45, 7) is 2.62. The zero-order valence-electron chi connectivity index (χ0n) is 17.7. The van der Waals surface area contributed by atoms with Crippen LogP contribution in [0.1, 0.15) is 25.8 Å². The van der Waals surface area contributed by atoms with Crippen molar-refractivity contribution in [2.75, 3.05) is 0 Å². The minimum absolute atomic E-state index is 0.343. The largest absolute Gasteiger partial charge is 0.480 e. The summed E-state index contributed by atoms with van der Waals surface area (Å²) in [7, 11) is 0. The number of carboxylic acid groups (broad SMARTS) is 1. The van der Waals surface area contributed by atoms with E-state index in [4.69, 9.17) is 39.5 Å². The number of rotatable bonds is 9. The molecule has 0 bridgehead atoms. The van der Waals surface area contributed by atoms with Gasteiger partial charge in [0.1, 0.15) is 11.5 Å². The lowest BCUT2D eigenvalue weighted by atomic mass is 9.61. The van der Waals surface area contributed by atoms with Crippen LogP contribution in [-0.4, -0.2) is 27.0 Å². The molecule has 2 aromatic carbocycles. The number of para-hydroxylation sites is 1. The second-order valence-electron chi connectivity index (χ2n) is 8.16. The minimum atomic E-state index is -5.00. The van der Waals surface area contributed by atoms with Crippen LogP contribution < -0.4 is 4.74 Å². The van der Waals surface area contributed by atoms with Gasteiger partial charge in [0.2, 0.25) is 4.33 Å². The molecule has 10 heteroatoms. The number of benzene rings is 2. The summed E-state index contributed by atoms with van der Waals surface area (Å²) < 4.78 is 42.1. The van der Waals surface area contributed by atoms with Crippen molar-refractivity contribution in [3.05, 3.63) is 60.2 Å². The maximum Gasteiger partial charge on any atom is 0.421 e. The number of alkyl halides is 6. The van der Waals surface area contributed by atoms with Crippen molar-refractivity contribution in [2.24, 2.45) is 10.8 Å². The van der Waals surface area contributed by atoms with Crippen LogP contribution in [0.2, 0.25) is 0 Å². The molecule has 0 radical (unpaired) electrons. The number of carboxylic acids is 1. The van der Waals surface area contributed by atoms with Gasteiger partial charge in [-0.05, 0) is 29.8 Å². The Morgan fingerprint density at radius 2 is 1.67 bits per heavy atom. The van der Waals surface area contributed by atoms with Gasteiger partial charge in [-0.3, -0.25) is 4.79 Å². The Hall–Kier alpha value is -2.14. The Morgan fingerprint density at radius 3 is 2.18 bits per heavy atom. The molecule has 0 aliphatic rings. The zero-order chi connectivity index (χ0) is 25.1. The minimum Gasteiger partial charge on any atom is -0.480 e. The number of hydrogen-bond acceptors (Lipinski definition) is 3. The summed E-state index contributed by atoms with van der Waals surface area (Å²) in [6, 6.07) is 17.1. The number of halogens is 6. The average Bonchev–Trinajstić information content (AvgIpc) is 2.71. The van der Waals surface area contributed by atoms with Crippen LogP contribution in [0, 0.1) is 22.2 Å². The molecule has 0 heterocycles.